The number of thiazole rings is 1. The maximum atomic E-state index is 5.54. The molecule has 1 aromatic rings. The Bertz CT molecular complexity index is 565. The molecule has 0 bridgehead atoms. The van der Waals surface area contributed by atoms with Crippen LogP contribution in [0.15, 0.2) is 11.2 Å². The molecule has 0 spiro atoms. The molecule has 1 unspecified atom stereocenters. The van der Waals surface area contributed by atoms with Crippen molar-refractivity contribution in [2.45, 2.75) is 25.3 Å². The number of morpholine rings is 1. The summed E-state index contributed by atoms with van der Waals surface area (Å²) in [6.07, 6.45) is 4.11. The number of hydrogen-bond donors (Lipinski definition) is 2. The van der Waals surface area contributed by atoms with Gasteiger partial charge in [0.15, 0.2) is 5.96 Å². The molecule has 0 radical (unpaired) electrons. The molecule has 0 aliphatic carbocycles. The van der Waals surface area contributed by atoms with Crippen LogP contribution >= 0.6 is 23.1 Å². The maximum absolute atomic E-state index is 5.54. The molecule has 0 aromatic carbocycles. The van der Waals surface area contributed by atoms with E-state index in [1.807, 2.05) is 13.2 Å². The molecule has 3 heterocycles. The van der Waals surface area contributed by atoms with Gasteiger partial charge in [0.25, 0.3) is 0 Å². The second kappa shape index (κ2) is 9.21. The molecule has 2 fully saturated rings. The lowest BCUT2D eigenvalue weighted by Crippen LogP contribution is -2.60. The molecule has 2 aliphatic rings. The average Bonchev–Trinajstić information content (AvgIpc) is 3.28. The van der Waals surface area contributed by atoms with Crippen molar-refractivity contribution < 1.29 is 4.74 Å². The molecule has 2 N–H and O–H groups in total. The molecule has 25 heavy (non-hydrogen) atoms. The largest absolute Gasteiger partial charge is 0.379 e. The Hall–Kier alpha value is -0.830. The van der Waals surface area contributed by atoms with Gasteiger partial charge in [-0.2, -0.15) is 11.8 Å². The highest BCUT2D eigenvalue weighted by atomic mass is 32.2. The Morgan fingerprint density at radius 3 is 2.88 bits per heavy atom. The van der Waals surface area contributed by atoms with Crippen molar-refractivity contribution in [3.8, 4) is 0 Å². The van der Waals surface area contributed by atoms with Crippen LogP contribution < -0.4 is 10.6 Å². The van der Waals surface area contributed by atoms with Crippen LogP contribution in [0.3, 0.4) is 0 Å². The Kier molecular flexibility index (Phi) is 6.98. The van der Waals surface area contributed by atoms with Gasteiger partial charge in [0, 0.05) is 62.0 Å². The van der Waals surface area contributed by atoms with E-state index in [0.29, 0.717) is 0 Å². The smallest absolute Gasteiger partial charge is 0.191 e. The third-order valence-electron chi connectivity index (χ3n) is 4.87. The van der Waals surface area contributed by atoms with Crippen LogP contribution in [0.4, 0.5) is 0 Å². The van der Waals surface area contributed by atoms with Crippen molar-refractivity contribution in [3.63, 3.8) is 0 Å². The number of nitrogens with zero attached hydrogens (tertiary/aromatic N) is 3. The second-order valence-electron chi connectivity index (χ2n) is 6.59. The van der Waals surface area contributed by atoms with Gasteiger partial charge in [-0.15, -0.1) is 11.3 Å². The minimum atomic E-state index is 0.235. The molecule has 2 saturated heterocycles. The van der Waals surface area contributed by atoms with E-state index < -0.39 is 0 Å². The zero-order valence-corrected chi connectivity index (χ0v) is 16.8. The fourth-order valence-electron chi connectivity index (χ4n) is 3.41. The van der Waals surface area contributed by atoms with Crippen molar-refractivity contribution in [1.29, 1.82) is 0 Å². The van der Waals surface area contributed by atoms with Crippen LogP contribution in [0, 0.1) is 6.92 Å². The van der Waals surface area contributed by atoms with Crippen LogP contribution in [0.5, 0.6) is 0 Å². The van der Waals surface area contributed by atoms with E-state index >= 15 is 0 Å². The van der Waals surface area contributed by atoms with Gasteiger partial charge in [0.2, 0.25) is 0 Å². The summed E-state index contributed by atoms with van der Waals surface area (Å²) >= 11 is 3.83. The SMILES string of the molecule is CN=C(NCCc1ncc(C)s1)NCC1(N2CCOCC2)CCSC1. The van der Waals surface area contributed by atoms with Crippen LogP contribution in [-0.4, -0.2) is 79.3 Å². The van der Waals surface area contributed by atoms with E-state index in [4.69, 9.17) is 4.74 Å². The first-order valence-corrected chi connectivity index (χ1v) is 11.0. The fourth-order valence-corrected chi connectivity index (χ4v) is 5.67. The van der Waals surface area contributed by atoms with Crippen molar-refractivity contribution in [3.05, 3.63) is 16.1 Å². The summed E-state index contributed by atoms with van der Waals surface area (Å²) in [7, 11) is 1.84. The molecule has 140 valence electrons. The lowest BCUT2D eigenvalue weighted by molar-refractivity contribution is -0.0120. The highest BCUT2D eigenvalue weighted by Crippen LogP contribution is 2.33. The van der Waals surface area contributed by atoms with Crippen LogP contribution in [0.2, 0.25) is 0 Å². The number of thioether (sulfide) groups is 1. The summed E-state index contributed by atoms with van der Waals surface area (Å²) in [5.41, 5.74) is 0.235. The molecule has 1 aromatic heterocycles. The van der Waals surface area contributed by atoms with Gasteiger partial charge < -0.3 is 15.4 Å². The molecular weight excluding hydrogens is 354 g/mol. The molecular formula is C17H29N5OS2. The van der Waals surface area contributed by atoms with Gasteiger partial charge in [-0.25, -0.2) is 4.98 Å². The summed E-state index contributed by atoms with van der Waals surface area (Å²) in [5, 5.41) is 8.17. The van der Waals surface area contributed by atoms with Crippen LogP contribution in [-0.2, 0) is 11.2 Å². The van der Waals surface area contributed by atoms with Crippen molar-refractivity contribution in [1.82, 2.24) is 20.5 Å². The van der Waals surface area contributed by atoms with Gasteiger partial charge in [-0.3, -0.25) is 9.89 Å². The number of guanidine groups is 1. The van der Waals surface area contributed by atoms with E-state index in [2.05, 4.69) is 44.2 Å². The standard InChI is InChI=1S/C17H29N5OS2/c1-14-11-20-15(25-14)3-5-19-16(18-2)21-12-17(4-10-24-13-17)22-6-8-23-9-7-22/h11H,3-10,12-13H2,1-2H3,(H2,18,19,21). The summed E-state index contributed by atoms with van der Waals surface area (Å²) in [4.78, 5) is 12.7. The first-order valence-electron chi connectivity index (χ1n) is 8.98. The Morgan fingerprint density at radius 2 is 2.24 bits per heavy atom. The highest BCUT2D eigenvalue weighted by Gasteiger charge is 2.40. The highest BCUT2D eigenvalue weighted by molar-refractivity contribution is 7.99. The summed E-state index contributed by atoms with van der Waals surface area (Å²) in [6, 6.07) is 0. The minimum absolute atomic E-state index is 0.235. The Labute approximate surface area is 158 Å². The number of hydrogen-bond acceptors (Lipinski definition) is 6. The maximum Gasteiger partial charge on any atom is 0.191 e. The molecule has 6 nitrogen and oxygen atoms in total. The van der Waals surface area contributed by atoms with E-state index in [-0.39, 0.29) is 5.54 Å². The van der Waals surface area contributed by atoms with Gasteiger partial charge >= 0.3 is 0 Å². The summed E-state index contributed by atoms with van der Waals surface area (Å²) in [6.45, 7) is 7.68. The zero-order valence-electron chi connectivity index (χ0n) is 15.2. The number of rotatable bonds is 6. The Balaban J connectivity index is 1.48. The topological polar surface area (TPSA) is 61.8 Å². The third kappa shape index (κ3) is 5.09. The number of aliphatic imine (C=N–C) groups is 1. The normalized spacial score (nSPS) is 25.3. The van der Waals surface area contributed by atoms with Crippen LogP contribution in [0.1, 0.15) is 16.3 Å². The van der Waals surface area contributed by atoms with E-state index in [9.17, 15) is 0 Å². The molecule has 8 heteroatoms. The number of ether oxygens (including phenoxy) is 1. The molecule has 3 rings (SSSR count). The Morgan fingerprint density at radius 1 is 1.40 bits per heavy atom. The van der Waals surface area contributed by atoms with Gasteiger partial charge in [-0.05, 0) is 19.1 Å². The van der Waals surface area contributed by atoms with E-state index in [0.717, 1.165) is 51.8 Å². The van der Waals surface area contributed by atoms with Crippen LogP contribution in [0.25, 0.3) is 0 Å². The van der Waals surface area contributed by atoms with E-state index in [1.54, 1.807) is 11.3 Å². The first-order chi connectivity index (χ1) is 12.2. The lowest BCUT2D eigenvalue weighted by Gasteiger charge is -2.43. The predicted molar refractivity (Wildman–Crippen MR) is 107 cm³/mol. The quantitative estimate of drug-likeness (QED) is 0.571. The summed E-state index contributed by atoms with van der Waals surface area (Å²) < 4.78 is 5.54. The average molecular weight is 384 g/mol. The number of aromatic nitrogens is 1. The lowest BCUT2D eigenvalue weighted by atomic mass is 9.95. The molecule has 0 amide bonds. The third-order valence-corrected chi connectivity index (χ3v) is 7.08. The van der Waals surface area contributed by atoms with Gasteiger partial charge in [0.1, 0.15) is 0 Å². The summed E-state index contributed by atoms with van der Waals surface area (Å²) in [5.74, 6) is 3.32. The van der Waals surface area contributed by atoms with Crippen molar-refractivity contribution in [2.24, 2.45) is 4.99 Å². The minimum Gasteiger partial charge on any atom is -0.379 e. The second-order valence-corrected chi connectivity index (χ2v) is 9.02. The first kappa shape index (κ1) is 18.9. The molecule has 1 atom stereocenters. The number of aryl methyl sites for hydroxylation is 1. The van der Waals surface area contributed by atoms with Crippen molar-refractivity contribution in [2.75, 3.05) is 57.9 Å². The predicted octanol–water partition coefficient (Wildman–Crippen LogP) is 1.37. The van der Waals surface area contributed by atoms with Gasteiger partial charge in [-0.1, -0.05) is 0 Å². The van der Waals surface area contributed by atoms with Gasteiger partial charge in [0.05, 0.1) is 18.2 Å². The molecule has 0 saturated carbocycles. The monoisotopic (exact) mass is 383 g/mol. The molecule has 2 aliphatic heterocycles. The van der Waals surface area contributed by atoms with E-state index in [1.165, 1.54) is 27.8 Å². The number of nitrogens with one attached hydrogen (secondary N) is 2. The zero-order chi connectivity index (χ0) is 17.5. The fraction of sp³-hybridized carbons (Fsp3) is 0.765. The van der Waals surface area contributed by atoms with Crippen molar-refractivity contribution >= 4 is 29.1 Å².